The van der Waals surface area contributed by atoms with E-state index in [1.807, 2.05) is 24.5 Å². The highest BCUT2D eigenvalue weighted by molar-refractivity contribution is 5.74. The number of benzene rings is 1. The lowest BCUT2D eigenvalue weighted by Gasteiger charge is -2.12. The molecule has 2 heterocycles. The normalized spacial score (nSPS) is 11.6. The smallest absolute Gasteiger partial charge is 0.0962 e. The largest absolute Gasteiger partial charge is 0.324 e. The summed E-state index contributed by atoms with van der Waals surface area (Å²) in [4.78, 5) is 4.42. The standard InChI is InChI=1S/C16H20N4/c1-3-14(4-2)20-10-9-13(18-20)11-19-12-17-15-7-5-6-8-16(15)19/h5-10,12,14H,3-4,11H2,1-2H3. The molecule has 3 rings (SSSR count). The van der Waals surface area contributed by atoms with Crippen molar-refractivity contribution in [1.82, 2.24) is 19.3 Å². The fraction of sp³-hybridized carbons (Fsp3) is 0.375. The molecule has 0 radical (unpaired) electrons. The van der Waals surface area contributed by atoms with Crippen LogP contribution in [0.25, 0.3) is 11.0 Å². The Kier molecular flexibility index (Phi) is 3.54. The Bertz CT molecular complexity index is 691. The van der Waals surface area contributed by atoms with Crippen LogP contribution < -0.4 is 0 Å². The van der Waals surface area contributed by atoms with Gasteiger partial charge in [-0.3, -0.25) is 4.68 Å². The van der Waals surface area contributed by atoms with Crippen molar-refractivity contribution in [2.75, 3.05) is 0 Å². The van der Waals surface area contributed by atoms with E-state index in [1.54, 1.807) is 0 Å². The Balaban J connectivity index is 1.84. The zero-order chi connectivity index (χ0) is 13.9. The molecule has 0 saturated heterocycles. The molecule has 0 saturated carbocycles. The summed E-state index contributed by atoms with van der Waals surface area (Å²) in [5.41, 5.74) is 3.27. The lowest BCUT2D eigenvalue weighted by atomic mass is 10.2. The number of hydrogen-bond acceptors (Lipinski definition) is 2. The van der Waals surface area contributed by atoms with Crippen LogP contribution in [0, 0.1) is 0 Å². The monoisotopic (exact) mass is 268 g/mol. The van der Waals surface area contributed by atoms with Crippen LogP contribution in [0.15, 0.2) is 42.9 Å². The van der Waals surface area contributed by atoms with Gasteiger partial charge in [0.2, 0.25) is 0 Å². The molecule has 2 aromatic heterocycles. The van der Waals surface area contributed by atoms with Crippen LogP contribution >= 0.6 is 0 Å². The molecule has 4 heteroatoms. The Morgan fingerprint density at radius 1 is 1.10 bits per heavy atom. The van der Waals surface area contributed by atoms with Crippen LogP contribution in [-0.4, -0.2) is 19.3 Å². The first-order valence-corrected chi connectivity index (χ1v) is 7.25. The molecule has 0 fully saturated rings. The second kappa shape index (κ2) is 5.49. The Morgan fingerprint density at radius 2 is 1.90 bits per heavy atom. The first-order valence-electron chi connectivity index (χ1n) is 7.25. The third-order valence-electron chi connectivity index (χ3n) is 3.84. The fourth-order valence-corrected chi connectivity index (χ4v) is 2.64. The van der Waals surface area contributed by atoms with E-state index in [2.05, 4.69) is 46.4 Å². The van der Waals surface area contributed by atoms with E-state index in [9.17, 15) is 0 Å². The quantitative estimate of drug-likeness (QED) is 0.708. The minimum atomic E-state index is 0.503. The number of fused-ring (bicyclic) bond motifs is 1. The summed E-state index contributed by atoms with van der Waals surface area (Å²) in [6, 6.07) is 10.8. The van der Waals surface area contributed by atoms with Gasteiger partial charge in [-0.2, -0.15) is 5.10 Å². The molecular formula is C16H20N4. The van der Waals surface area contributed by atoms with E-state index < -0.39 is 0 Å². The zero-order valence-electron chi connectivity index (χ0n) is 12.0. The van der Waals surface area contributed by atoms with Crippen LogP contribution in [-0.2, 0) is 6.54 Å². The lowest BCUT2D eigenvalue weighted by Crippen LogP contribution is -2.08. The Morgan fingerprint density at radius 3 is 2.70 bits per heavy atom. The highest BCUT2D eigenvalue weighted by atomic mass is 15.3. The molecule has 0 spiro atoms. The van der Waals surface area contributed by atoms with Crippen molar-refractivity contribution in [1.29, 1.82) is 0 Å². The molecule has 0 unspecified atom stereocenters. The fourth-order valence-electron chi connectivity index (χ4n) is 2.64. The third-order valence-corrected chi connectivity index (χ3v) is 3.84. The van der Waals surface area contributed by atoms with E-state index in [4.69, 9.17) is 5.10 Å². The molecule has 0 bridgehead atoms. The van der Waals surface area contributed by atoms with Gasteiger partial charge in [-0.15, -0.1) is 0 Å². The summed E-state index contributed by atoms with van der Waals surface area (Å²) in [5, 5.41) is 4.70. The van der Waals surface area contributed by atoms with Crippen LogP contribution in [0.5, 0.6) is 0 Å². The average Bonchev–Trinajstić information content (AvgIpc) is 3.09. The van der Waals surface area contributed by atoms with Gasteiger partial charge in [0.1, 0.15) is 0 Å². The van der Waals surface area contributed by atoms with Gasteiger partial charge < -0.3 is 4.57 Å². The van der Waals surface area contributed by atoms with Gasteiger partial charge in [-0.05, 0) is 31.0 Å². The first-order chi connectivity index (χ1) is 9.81. The van der Waals surface area contributed by atoms with Gasteiger partial charge in [0.15, 0.2) is 0 Å². The van der Waals surface area contributed by atoms with Crippen LogP contribution in [0.2, 0.25) is 0 Å². The number of imidazole rings is 1. The highest BCUT2D eigenvalue weighted by Gasteiger charge is 2.09. The lowest BCUT2D eigenvalue weighted by molar-refractivity contribution is 0.425. The minimum Gasteiger partial charge on any atom is -0.324 e. The summed E-state index contributed by atoms with van der Waals surface area (Å²) in [7, 11) is 0. The maximum atomic E-state index is 4.70. The molecule has 0 amide bonds. The topological polar surface area (TPSA) is 35.6 Å². The number of aromatic nitrogens is 4. The van der Waals surface area contributed by atoms with Crippen molar-refractivity contribution in [2.45, 2.75) is 39.3 Å². The van der Waals surface area contributed by atoms with Gasteiger partial charge >= 0.3 is 0 Å². The maximum Gasteiger partial charge on any atom is 0.0962 e. The second-order valence-corrected chi connectivity index (χ2v) is 5.12. The van der Waals surface area contributed by atoms with E-state index in [0.717, 1.165) is 36.1 Å². The number of hydrogen-bond donors (Lipinski definition) is 0. The number of rotatable bonds is 5. The van der Waals surface area contributed by atoms with Crippen molar-refractivity contribution < 1.29 is 0 Å². The molecule has 1 aromatic carbocycles. The van der Waals surface area contributed by atoms with Gasteiger partial charge in [0, 0.05) is 6.20 Å². The minimum absolute atomic E-state index is 0.503. The van der Waals surface area contributed by atoms with Crippen LogP contribution in [0.1, 0.15) is 38.4 Å². The molecule has 104 valence electrons. The molecule has 0 atom stereocenters. The van der Waals surface area contributed by atoms with E-state index in [-0.39, 0.29) is 0 Å². The van der Waals surface area contributed by atoms with Crippen molar-refractivity contribution in [3.63, 3.8) is 0 Å². The van der Waals surface area contributed by atoms with Crippen molar-refractivity contribution in [3.05, 3.63) is 48.5 Å². The van der Waals surface area contributed by atoms with Gasteiger partial charge in [0.25, 0.3) is 0 Å². The summed E-state index contributed by atoms with van der Waals surface area (Å²) in [6.45, 7) is 5.19. The maximum absolute atomic E-state index is 4.70. The van der Waals surface area contributed by atoms with E-state index >= 15 is 0 Å². The van der Waals surface area contributed by atoms with Gasteiger partial charge in [0.05, 0.1) is 35.6 Å². The van der Waals surface area contributed by atoms with E-state index in [1.165, 1.54) is 0 Å². The Hall–Kier alpha value is -2.10. The van der Waals surface area contributed by atoms with Crippen molar-refractivity contribution in [3.8, 4) is 0 Å². The number of para-hydroxylation sites is 2. The zero-order valence-corrected chi connectivity index (χ0v) is 12.0. The molecule has 0 aliphatic carbocycles. The number of nitrogens with zero attached hydrogens (tertiary/aromatic N) is 4. The predicted octanol–water partition coefficient (Wildman–Crippen LogP) is 3.64. The van der Waals surface area contributed by atoms with Crippen LogP contribution in [0.3, 0.4) is 0 Å². The first kappa shape index (κ1) is 12.9. The molecule has 4 nitrogen and oxygen atoms in total. The Labute approximate surface area is 119 Å². The van der Waals surface area contributed by atoms with Gasteiger partial charge in [-0.1, -0.05) is 26.0 Å². The summed E-state index contributed by atoms with van der Waals surface area (Å²) in [6.07, 6.45) is 6.21. The average molecular weight is 268 g/mol. The van der Waals surface area contributed by atoms with Crippen molar-refractivity contribution >= 4 is 11.0 Å². The molecule has 0 N–H and O–H groups in total. The van der Waals surface area contributed by atoms with Gasteiger partial charge in [-0.25, -0.2) is 4.98 Å². The molecule has 0 aliphatic rings. The summed E-state index contributed by atoms with van der Waals surface area (Å²) >= 11 is 0. The van der Waals surface area contributed by atoms with Crippen LogP contribution in [0.4, 0.5) is 0 Å². The van der Waals surface area contributed by atoms with E-state index in [0.29, 0.717) is 6.04 Å². The summed E-state index contributed by atoms with van der Waals surface area (Å²) in [5.74, 6) is 0. The summed E-state index contributed by atoms with van der Waals surface area (Å²) < 4.78 is 4.24. The molecule has 0 aliphatic heterocycles. The molecule has 20 heavy (non-hydrogen) atoms. The third kappa shape index (κ3) is 2.33. The van der Waals surface area contributed by atoms with Crippen molar-refractivity contribution in [2.24, 2.45) is 0 Å². The highest BCUT2D eigenvalue weighted by Crippen LogP contribution is 2.16. The molecular weight excluding hydrogens is 248 g/mol. The molecule has 3 aromatic rings. The SMILES string of the molecule is CCC(CC)n1ccc(Cn2cnc3ccccc32)n1. The second-order valence-electron chi connectivity index (χ2n) is 5.12. The predicted molar refractivity (Wildman–Crippen MR) is 80.7 cm³/mol.